The third kappa shape index (κ3) is 8.60. The molecule has 0 spiro atoms. The van der Waals surface area contributed by atoms with Gasteiger partial charge < -0.3 is 10.2 Å². The summed E-state index contributed by atoms with van der Waals surface area (Å²) < 4.78 is 29.6. The number of carbonyl (C=O) groups is 2. The Morgan fingerprint density at radius 1 is 0.800 bits per heavy atom. The molecule has 236 valence electrons. The van der Waals surface area contributed by atoms with Gasteiger partial charge in [-0.25, -0.2) is 8.42 Å². The number of nitrogens with zero attached hydrogens (tertiary/aromatic N) is 2. The average Bonchev–Trinajstić information content (AvgIpc) is 3.04. The Morgan fingerprint density at radius 3 is 2.11 bits per heavy atom. The maximum absolute atomic E-state index is 14.6. The lowest BCUT2D eigenvalue weighted by atomic mass is 10.0. The fourth-order valence-corrected chi connectivity index (χ4v) is 6.74. The van der Waals surface area contributed by atoms with Crippen molar-refractivity contribution in [2.75, 3.05) is 17.4 Å². The average molecular weight is 626 g/mol. The van der Waals surface area contributed by atoms with Crippen LogP contribution in [-0.2, 0) is 32.6 Å². The van der Waals surface area contributed by atoms with E-state index >= 15 is 0 Å². The molecular formula is C37H43N3O4S. The maximum Gasteiger partial charge on any atom is 0.264 e. The molecule has 7 nitrogen and oxygen atoms in total. The number of nitrogens with one attached hydrogen (secondary N) is 1. The highest BCUT2D eigenvalue weighted by atomic mass is 32.2. The number of aryl methyl sites for hydroxylation is 3. The Kier molecular flexibility index (Phi) is 11.5. The second-order valence-corrected chi connectivity index (χ2v) is 13.3. The molecule has 4 aromatic rings. The van der Waals surface area contributed by atoms with Crippen molar-refractivity contribution in [3.8, 4) is 0 Å². The number of amides is 2. The molecular weight excluding hydrogens is 582 g/mol. The first-order valence-corrected chi connectivity index (χ1v) is 16.9. The van der Waals surface area contributed by atoms with Crippen LogP contribution in [0.25, 0.3) is 0 Å². The normalized spacial score (nSPS) is 11.9. The van der Waals surface area contributed by atoms with Gasteiger partial charge in [-0.15, -0.1) is 0 Å². The summed E-state index contributed by atoms with van der Waals surface area (Å²) >= 11 is 0. The molecule has 0 fully saturated rings. The van der Waals surface area contributed by atoms with Gasteiger partial charge in [-0.05, 0) is 73.2 Å². The molecule has 2 amide bonds. The molecule has 4 aromatic carbocycles. The van der Waals surface area contributed by atoms with E-state index < -0.39 is 28.5 Å². The van der Waals surface area contributed by atoms with Gasteiger partial charge in [0.25, 0.3) is 10.0 Å². The van der Waals surface area contributed by atoms with Gasteiger partial charge in [0.2, 0.25) is 11.8 Å². The van der Waals surface area contributed by atoms with Gasteiger partial charge in [0.05, 0.1) is 10.6 Å². The Balaban J connectivity index is 1.82. The number of hydrogen-bond acceptors (Lipinski definition) is 4. The third-order valence-corrected chi connectivity index (χ3v) is 9.72. The predicted octanol–water partition coefficient (Wildman–Crippen LogP) is 6.36. The quantitative estimate of drug-likeness (QED) is 0.165. The molecule has 0 radical (unpaired) electrons. The van der Waals surface area contributed by atoms with E-state index in [1.165, 1.54) is 16.4 Å². The van der Waals surface area contributed by atoms with Gasteiger partial charge in [0.1, 0.15) is 12.6 Å². The molecule has 4 rings (SSSR count). The van der Waals surface area contributed by atoms with E-state index in [1.54, 1.807) is 29.2 Å². The third-order valence-electron chi connectivity index (χ3n) is 7.95. The summed E-state index contributed by atoms with van der Waals surface area (Å²) in [4.78, 5) is 30.1. The molecule has 0 saturated carbocycles. The molecule has 1 atom stereocenters. The van der Waals surface area contributed by atoms with Crippen LogP contribution in [0, 0.1) is 20.8 Å². The summed E-state index contributed by atoms with van der Waals surface area (Å²) in [6, 6.07) is 30.2. The number of hydrogen-bond donors (Lipinski definition) is 1. The molecule has 0 aliphatic heterocycles. The lowest BCUT2D eigenvalue weighted by Crippen LogP contribution is -2.53. The van der Waals surface area contributed by atoms with Crippen molar-refractivity contribution in [2.45, 2.75) is 64.4 Å². The van der Waals surface area contributed by atoms with Crippen LogP contribution in [0.3, 0.4) is 0 Å². The van der Waals surface area contributed by atoms with Crippen molar-refractivity contribution in [3.05, 3.63) is 131 Å². The van der Waals surface area contributed by atoms with Crippen molar-refractivity contribution in [1.82, 2.24) is 10.2 Å². The first kappa shape index (κ1) is 33.5. The molecule has 0 bridgehead atoms. The zero-order valence-electron chi connectivity index (χ0n) is 26.6. The zero-order valence-corrected chi connectivity index (χ0v) is 27.4. The predicted molar refractivity (Wildman–Crippen MR) is 180 cm³/mol. The van der Waals surface area contributed by atoms with E-state index in [-0.39, 0.29) is 23.8 Å². The van der Waals surface area contributed by atoms with Crippen molar-refractivity contribution < 1.29 is 18.0 Å². The molecule has 0 aliphatic rings. The molecule has 0 unspecified atom stereocenters. The zero-order chi connectivity index (χ0) is 32.4. The second kappa shape index (κ2) is 15.5. The highest BCUT2D eigenvalue weighted by molar-refractivity contribution is 7.92. The number of anilines is 1. The van der Waals surface area contributed by atoms with Gasteiger partial charge >= 0.3 is 0 Å². The van der Waals surface area contributed by atoms with E-state index in [2.05, 4.69) is 12.2 Å². The van der Waals surface area contributed by atoms with E-state index in [4.69, 9.17) is 0 Å². The molecule has 0 saturated heterocycles. The van der Waals surface area contributed by atoms with E-state index in [0.717, 1.165) is 40.7 Å². The highest BCUT2D eigenvalue weighted by Gasteiger charge is 2.35. The van der Waals surface area contributed by atoms with Crippen molar-refractivity contribution in [3.63, 3.8) is 0 Å². The minimum Gasteiger partial charge on any atom is -0.354 e. The van der Waals surface area contributed by atoms with Gasteiger partial charge in [0.15, 0.2) is 0 Å². The molecule has 0 heterocycles. The molecule has 0 aliphatic carbocycles. The molecule has 1 N–H and O–H groups in total. The van der Waals surface area contributed by atoms with Gasteiger partial charge in [0, 0.05) is 19.5 Å². The topological polar surface area (TPSA) is 86.8 Å². The van der Waals surface area contributed by atoms with Gasteiger partial charge in [-0.2, -0.15) is 0 Å². The van der Waals surface area contributed by atoms with Crippen LogP contribution < -0.4 is 9.62 Å². The fraction of sp³-hybridized carbons (Fsp3) is 0.297. The summed E-state index contributed by atoms with van der Waals surface area (Å²) in [5.74, 6) is -0.733. The standard InChI is InChI=1S/C37H43N3O4S/c1-5-6-23-38-37(42)35(25-31-16-9-7-10-17-31)39(26-32-18-14-13-15-29(32)3)36(41)27-40(34-24-28(2)21-22-30(34)4)45(43,44)33-19-11-8-12-20-33/h7-22,24,35H,5-6,23,25-27H2,1-4H3,(H,38,42)/t35-/m0/s1. The molecule has 8 heteroatoms. The Hall–Kier alpha value is -4.43. The van der Waals surface area contributed by atoms with Crippen molar-refractivity contribution >= 4 is 27.5 Å². The summed E-state index contributed by atoms with van der Waals surface area (Å²) in [6.07, 6.45) is 2.01. The summed E-state index contributed by atoms with van der Waals surface area (Å²) in [5.41, 5.74) is 4.77. The highest BCUT2D eigenvalue weighted by Crippen LogP contribution is 2.29. The SMILES string of the molecule is CCCCNC(=O)[C@H](Cc1ccccc1)N(Cc1ccccc1C)C(=O)CN(c1cc(C)ccc1C)S(=O)(=O)c1ccccc1. The first-order chi connectivity index (χ1) is 21.6. The first-order valence-electron chi connectivity index (χ1n) is 15.4. The number of rotatable bonds is 14. The van der Waals surface area contributed by atoms with Crippen LogP contribution in [0.1, 0.15) is 47.6 Å². The van der Waals surface area contributed by atoms with Crippen LogP contribution >= 0.6 is 0 Å². The summed E-state index contributed by atoms with van der Waals surface area (Å²) in [6.45, 7) is 7.90. The van der Waals surface area contributed by atoms with Crippen LogP contribution in [0.4, 0.5) is 5.69 Å². The van der Waals surface area contributed by atoms with Crippen LogP contribution in [0.2, 0.25) is 0 Å². The fourth-order valence-electron chi connectivity index (χ4n) is 5.25. The van der Waals surface area contributed by atoms with E-state index in [9.17, 15) is 18.0 Å². The van der Waals surface area contributed by atoms with Crippen LogP contribution in [-0.4, -0.2) is 44.3 Å². The van der Waals surface area contributed by atoms with Gasteiger partial charge in [-0.1, -0.05) is 98.3 Å². The number of carbonyl (C=O) groups excluding carboxylic acids is 2. The largest absolute Gasteiger partial charge is 0.354 e. The molecule has 0 aromatic heterocycles. The minimum atomic E-state index is -4.14. The Labute approximate surface area is 268 Å². The minimum absolute atomic E-state index is 0.0855. The van der Waals surface area contributed by atoms with Crippen LogP contribution in [0.5, 0.6) is 0 Å². The van der Waals surface area contributed by atoms with Crippen LogP contribution in [0.15, 0.2) is 108 Å². The van der Waals surface area contributed by atoms with E-state index in [0.29, 0.717) is 12.2 Å². The second-order valence-electron chi connectivity index (χ2n) is 11.4. The lowest BCUT2D eigenvalue weighted by Gasteiger charge is -2.34. The maximum atomic E-state index is 14.6. The number of benzene rings is 4. The number of unbranched alkanes of at least 4 members (excludes halogenated alkanes) is 1. The summed E-state index contributed by atoms with van der Waals surface area (Å²) in [7, 11) is -4.14. The van der Waals surface area contributed by atoms with Crippen molar-refractivity contribution in [2.24, 2.45) is 0 Å². The number of sulfonamides is 1. The Bertz CT molecular complexity index is 1690. The lowest BCUT2D eigenvalue weighted by molar-refractivity contribution is -0.140. The van der Waals surface area contributed by atoms with Gasteiger partial charge in [-0.3, -0.25) is 13.9 Å². The monoisotopic (exact) mass is 625 g/mol. The van der Waals surface area contributed by atoms with Crippen molar-refractivity contribution in [1.29, 1.82) is 0 Å². The smallest absolute Gasteiger partial charge is 0.264 e. The van der Waals surface area contributed by atoms with E-state index in [1.807, 2.05) is 87.5 Å². The molecule has 45 heavy (non-hydrogen) atoms. The Morgan fingerprint density at radius 2 is 1.44 bits per heavy atom. The summed E-state index contributed by atoms with van der Waals surface area (Å²) in [5, 5.41) is 3.03.